The number of aromatic nitrogens is 1. The maximum absolute atomic E-state index is 12.3. The van der Waals surface area contributed by atoms with E-state index in [9.17, 15) is 9.59 Å². The van der Waals surface area contributed by atoms with Crippen molar-refractivity contribution < 1.29 is 9.59 Å². The Morgan fingerprint density at radius 3 is 2.36 bits per heavy atom. The van der Waals surface area contributed by atoms with Gasteiger partial charge in [0.1, 0.15) is 6.04 Å². The van der Waals surface area contributed by atoms with E-state index >= 15 is 0 Å². The molecule has 1 aromatic heterocycles. The lowest BCUT2D eigenvalue weighted by Crippen LogP contribution is -2.44. The Balaban J connectivity index is 1.89. The number of nitrogens with zero attached hydrogens (tertiary/aromatic N) is 1. The van der Waals surface area contributed by atoms with Crippen LogP contribution in [-0.2, 0) is 16.8 Å². The normalized spacial score (nSPS) is 12.3. The van der Waals surface area contributed by atoms with Crippen LogP contribution in [0.2, 0.25) is 0 Å². The van der Waals surface area contributed by atoms with E-state index in [0.29, 0.717) is 12.1 Å². The Morgan fingerprint density at radius 2 is 1.80 bits per heavy atom. The molecular weight excluding hydrogens is 314 g/mol. The van der Waals surface area contributed by atoms with Gasteiger partial charge in [-0.05, 0) is 41.7 Å². The number of hydrogen-bond donors (Lipinski definition) is 2. The van der Waals surface area contributed by atoms with Crippen molar-refractivity contribution in [2.24, 2.45) is 0 Å². The molecule has 0 spiro atoms. The third-order valence-electron chi connectivity index (χ3n) is 3.94. The minimum atomic E-state index is -0.619. The highest BCUT2D eigenvalue weighted by atomic mass is 16.2. The number of carbonyl (C=O) groups is 2. The van der Waals surface area contributed by atoms with Gasteiger partial charge >= 0.3 is 0 Å². The fraction of sp³-hybridized carbons (Fsp3) is 0.350. The van der Waals surface area contributed by atoms with E-state index < -0.39 is 6.04 Å². The molecule has 0 aliphatic rings. The van der Waals surface area contributed by atoms with Crippen LogP contribution in [0.5, 0.6) is 0 Å². The number of amides is 2. The van der Waals surface area contributed by atoms with E-state index in [0.717, 1.165) is 11.1 Å². The Hall–Kier alpha value is -2.69. The van der Waals surface area contributed by atoms with Gasteiger partial charge in [-0.2, -0.15) is 0 Å². The van der Waals surface area contributed by atoms with Crippen molar-refractivity contribution in [2.75, 3.05) is 0 Å². The Kier molecular flexibility index (Phi) is 5.91. The Bertz CT molecular complexity index is 719. The zero-order chi connectivity index (χ0) is 18.4. The smallest absolute Gasteiger partial charge is 0.251 e. The van der Waals surface area contributed by atoms with Gasteiger partial charge in [0, 0.05) is 24.5 Å². The number of hydrogen-bond acceptors (Lipinski definition) is 3. The molecule has 1 atom stereocenters. The average Bonchev–Trinajstić information content (AvgIpc) is 2.59. The quantitative estimate of drug-likeness (QED) is 0.880. The molecule has 2 amide bonds. The van der Waals surface area contributed by atoms with Crippen LogP contribution in [0.15, 0.2) is 48.8 Å². The van der Waals surface area contributed by atoms with Gasteiger partial charge in [-0.15, -0.1) is 0 Å². The standard InChI is InChI=1S/C20H25N3O2/c1-14(18(24)22-13-15-6-5-11-21-12-15)23-19(25)16-7-9-17(10-8-16)20(2,3)4/h5-12,14H,13H2,1-4H3,(H,22,24)(H,23,25). The third-order valence-corrected chi connectivity index (χ3v) is 3.94. The second-order valence-corrected chi connectivity index (χ2v) is 7.10. The summed E-state index contributed by atoms with van der Waals surface area (Å²) in [6.45, 7) is 8.41. The third kappa shape index (κ3) is 5.41. The highest BCUT2D eigenvalue weighted by Gasteiger charge is 2.18. The summed E-state index contributed by atoms with van der Waals surface area (Å²) in [5.74, 6) is -0.493. The van der Waals surface area contributed by atoms with E-state index in [1.54, 1.807) is 31.5 Å². The molecule has 0 aliphatic carbocycles. The van der Waals surface area contributed by atoms with Gasteiger partial charge in [0.25, 0.3) is 5.91 Å². The summed E-state index contributed by atoms with van der Waals surface area (Å²) in [4.78, 5) is 28.4. The highest BCUT2D eigenvalue weighted by Crippen LogP contribution is 2.22. The molecule has 1 unspecified atom stereocenters. The molecule has 2 rings (SSSR count). The van der Waals surface area contributed by atoms with Crippen LogP contribution in [0, 0.1) is 0 Å². The predicted molar refractivity (Wildman–Crippen MR) is 98.2 cm³/mol. The van der Waals surface area contributed by atoms with Gasteiger partial charge in [-0.25, -0.2) is 0 Å². The summed E-state index contributed by atoms with van der Waals surface area (Å²) in [6, 6.07) is 10.5. The molecule has 25 heavy (non-hydrogen) atoms. The maximum atomic E-state index is 12.3. The minimum absolute atomic E-state index is 0.0362. The number of nitrogens with one attached hydrogen (secondary N) is 2. The van der Waals surface area contributed by atoms with Crippen LogP contribution in [0.4, 0.5) is 0 Å². The molecule has 1 heterocycles. The summed E-state index contributed by atoms with van der Waals surface area (Å²) < 4.78 is 0. The molecular formula is C20H25N3O2. The average molecular weight is 339 g/mol. The van der Waals surface area contributed by atoms with Crippen LogP contribution in [-0.4, -0.2) is 22.8 Å². The first-order valence-corrected chi connectivity index (χ1v) is 8.35. The molecule has 5 nitrogen and oxygen atoms in total. The van der Waals surface area contributed by atoms with Crippen LogP contribution in [0.1, 0.15) is 49.2 Å². The molecule has 0 aliphatic heterocycles. The maximum Gasteiger partial charge on any atom is 0.251 e. The monoisotopic (exact) mass is 339 g/mol. The van der Waals surface area contributed by atoms with Crippen LogP contribution >= 0.6 is 0 Å². The zero-order valence-electron chi connectivity index (χ0n) is 15.2. The topological polar surface area (TPSA) is 71.1 Å². The van der Waals surface area contributed by atoms with Crippen molar-refractivity contribution in [3.63, 3.8) is 0 Å². The van der Waals surface area contributed by atoms with Crippen LogP contribution in [0.3, 0.4) is 0 Å². The molecule has 0 radical (unpaired) electrons. The summed E-state index contributed by atoms with van der Waals surface area (Å²) in [7, 11) is 0. The predicted octanol–water partition coefficient (Wildman–Crippen LogP) is 2.81. The van der Waals surface area contributed by atoms with Gasteiger partial charge < -0.3 is 10.6 Å². The fourth-order valence-electron chi connectivity index (χ4n) is 2.31. The summed E-state index contributed by atoms with van der Waals surface area (Å²) in [5.41, 5.74) is 2.65. The number of pyridine rings is 1. The summed E-state index contributed by atoms with van der Waals surface area (Å²) in [5, 5.41) is 5.51. The molecule has 5 heteroatoms. The Labute approximate surface area is 148 Å². The summed E-state index contributed by atoms with van der Waals surface area (Å²) >= 11 is 0. The highest BCUT2D eigenvalue weighted by molar-refractivity contribution is 5.97. The van der Waals surface area contributed by atoms with Gasteiger partial charge in [-0.1, -0.05) is 39.0 Å². The molecule has 132 valence electrons. The van der Waals surface area contributed by atoms with Crippen LogP contribution < -0.4 is 10.6 Å². The fourth-order valence-corrected chi connectivity index (χ4v) is 2.31. The minimum Gasteiger partial charge on any atom is -0.350 e. The Morgan fingerprint density at radius 1 is 1.12 bits per heavy atom. The van der Waals surface area contributed by atoms with E-state index in [2.05, 4.69) is 36.4 Å². The van der Waals surface area contributed by atoms with Crippen molar-refractivity contribution in [3.8, 4) is 0 Å². The van der Waals surface area contributed by atoms with Crippen molar-refractivity contribution in [3.05, 3.63) is 65.5 Å². The van der Waals surface area contributed by atoms with Crippen molar-refractivity contribution >= 4 is 11.8 Å². The van der Waals surface area contributed by atoms with Gasteiger partial charge in [-0.3, -0.25) is 14.6 Å². The van der Waals surface area contributed by atoms with Crippen molar-refractivity contribution in [2.45, 2.75) is 45.7 Å². The van der Waals surface area contributed by atoms with Gasteiger partial charge in [0.2, 0.25) is 5.91 Å². The molecule has 0 saturated heterocycles. The first kappa shape index (κ1) is 18.6. The van der Waals surface area contributed by atoms with Crippen molar-refractivity contribution in [1.29, 1.82) is 0 Å². The largest absolute Gasteiger partial charge is 0.350 e. The second-order valence-electron chi connectivity index (χ2n) is 7.10. The first-order valence-electron chi connectivity index (χ1n) is 8.35. The lowest BCUT2D eigenvalue weighted by Gasteiger charge is -2.19. The molecule has 2 N–H and O–H groups in total. The van der Waals surface area contributed by atoms with E-state index in [-0.39, 0.29) is 17.2 Å². The van der Waals surface area contributed by atoms with Gasteiger partial charge in [0.05, 0.1) is 0 Å². The molecule has 0 fully saturated rings. The molecule has 1 aromatic carbocycles. The molecule has 0 saturated carbocycles. The summed E-state index contributed by atoms with van der Waals surface area (Å²) in [6.07, 6.45) is 3.37. The van der Waals surface area contributed by atoms with E-state index in [1.807, 2.05) is 24.3 Å². The number of rotatable bonds is 5. The van der Waals surface area contributed by atoms with E-state index in [4.69, 9.17) is 0 Å². The number of benzene rings is 1. The van der Waals surface area contributed by atoms with Crippen molar-refractivity contribution in [1.82, 2.24) is 15.6 Å². The van der Waals surface area contributed by atoms with Gasteiger partial charge in [0.15, 0.2) is 0 Å². The second kappa shape index (κ2) is 7.92. The lowest BCUT2D eigenvalue weighted by molar-refractivity contribution is -0.122. The SMILES string of the molecule is CC(NC(=O)c1ccc(C(C)(C)C)cc1)C(=O)NCc1cccnc1. The lowest BCUT2D eigenvalue weighted by atomic mass is 9.86. The zero-order valence-corrected chi connectivity index (χ0v) is 15.2. The number of carbonyl (C=O) groups excluding carboxylic acids is 2. The van der Waals surface area contributed by atoms with E-state index in [1.165, 1.54) is 0 Å². The first-order chi connectivity index (χ1) is 11.8. The molecule has 2 aromatic rings. The van der Waals surface area contributed by atoms with Crippen LogP contribution in [0.25, 0.3) is 0 Å². The molecule has 0 bridgehead atoms.